The van der Waals surface area contributed by atoms with Gasteiger partial charge in [0.15, 0.2) is 0 Å². The van der Waals surface area contributed by atoms with E-state index in [1.54, 1.807) is 48.5 Å². The third-order valence-corrected chi connectivity index (χ3v) is 4.05. The van der Waals surface area contributed by atoms with Crippen molar-refractivity contribution in [1.29, 1.82) is 5.26 Å². The van der Waals surface area contributed by atoms with Gasteiger partial charge < -0.3 is 19.6 Å². The van der Waals surface area contributed by atoms with Crippen LogP contribution < -0.4 is 10.1 Å². The Balaban J connectivity index is 1.80. The first kappa shape index (κ1) is 19.5. The van der Waals surface area contributed by atoms with Crippen LogP contribution in [0.1, 0.15) is 16.1 Å². The molecule has 0 spiro atoms. The van der Waals surface area contributed by atoms with Crippen LogP contribution in [-0.2, 0) is 4.79 Å². The third kappa shape index (κ3) is 4.51. The molecule has 1 heterocycles. The number of carbonyl (C=O) groups is 2. The van der Waals surface area contributed by atoms with Gasteiger partial charge in [0.2, 0.25) is 0 Å². The number of benzene rings is 2. The summed E-state index contributed by atoms with van der Waals surface area (Å²) in [5, 5.41) is 21.0. The van der Waals surface area contributed by atoms with Gasteiger partial charge in [0.25, 0.3) is 5.91 Å². The summed E-state index contributed by atoms with van der Waals surface area (Å²) in [5.74, 6) is -0.340. The van der Waals surface area contributed by atoms with Crippen molar-refractivity contribution in [2.75, 3.05) is 12.4 Å². The zero-order valence-corrected chi connectivity index (χ0v) is 15.4. The summed E-state index contributed by atoms with van der Waals surface area (Å²) in [7, 11) is 1.49. The highest BCUT2D eigenvalue weighted by Gasteiger charge is 2.13. The molecule has 0 atom stereocenters. The number of aromatic carboxylic acids is 1. The number of carboxylic acids is 1. The van der Waals surface area contributed by atoms with Crippen molar-refractivity contribution in [3.8, 4) is 23.1 Å². The van der Waals surface area contributed by atoms with E-state index in [4.69, 9.17) is 14.3 Å². The van der Waals surface area contributed by atoms with Gasteiger partial charge in [0.1, 0.15) is 28.9 Å². The molecule has 0 aliphatic rings. The molecule has 7 heteroatoms. The van der Waals surface area contributed by atoms with Crippen molar-refractivity contribution in [2.45, 2.75) is 0 Å². The Bertz CT molecular complexity index is 1120. The standard InChI is InChI=1S/C22H16N2O5/c1-28-20-5-3-2-4-18(20)24-21(25)16(13-23)12-17-10-11-19(29-17)14-6-8-15(9-7-14)22(26)27/h2-12H,1H3,(H,24,25)(H,26,27). The van der Waals surface area contributed by atoms with Crippen LogP contribution in [0.15, 0.2) is 70.7 Å². The lowest BCUT2D eigenvalue weighted by molar-refractivity contribution is -0.112. The number of carbonyl (C=O) groups excluding carboxylic acids is 1. The molecule has 2 N–H and O–H groups in total. The van der Waals surface area contributed by atoms with Crippen LogP contribution in [0.2, 0.25) is 0 Å². The number of amides is 1. The first-order chi connectivity index (χ1) is 14.0. The monoisotopic (exact) mass is 388 g/mol. The highest BCUT2D eigenvalue weighted by molar-refractivity contribution is 6.10. The number of rotatable bonds is 6. The second-order valence-electron chi connectivity index (χ2n) is 5.91. The van der Waals surface area contributed by atoms with Crippen molar-refractivity contribution >= 4 is 23.6 Å². The number of nitrogens with one attached hydrogen (secondary N) is 1. The van der Waals surface area contributed by atoms with E-state index >= 15 is 0 Å². The number of ether oxygens (including phenoxy) is 1. The average molecular weight is 388 g/mol. The van der Waals surface area contributed by atoms with Crippen LogP contribution in [0.25, 0.3) is 17.4 Å². The fraction of sp³-hybridized carbons (Fsp3) is 0.0455. The number of carboxylic acid groups (broad SMARTS) is 1. The number of methoxy groups -OCH3 is 1. The number of hydrogen-bond donors (Lipinski definition) is 2. The minimum atomic E-state index is -1.01. The molecule has 1 aromatic heterocycles. The van der Waals surface area contributed by atoms with E-state index in [2.05, 4.69) is 5.32 Å². The Labute approximate surface area is 166 Å². The van der Waals surface area contributed by atoms with Gasteiger partial charge in [-0.2, -0.15) is 5.26 Å². The molecule has 3 aromatic rings. The minimum absolute atomic E-state index is 0.141. The van der Waals surface area contributed by atoms with Gasteiger partial charge in [-0.25, -0.2) is 4.79 Å². The Morgan fingerprint density at radius 3 is 2.48 bits per heavy atom. The van der Waals surface area contributed by atoms with Gasteiger partial charge in [-0.05, 0) is 36.4 Å². The van der Waals surface area contributed by atoms with Crippen LogP contribution >= 0.6 is 0 Å². The maximum absolute atomic E-state index is 12.4. The maximum Gasteiger partial charge on any atom is 0.335 e. The average Bonchev–Trinajstić information content (AvgIpc) is 3.21. The van der Waals surface area contributed by atoms with Gasteiger partial charge in [0.05, 0.1) is 18.4 Å². The predicted octanol–water partition coefficient (Wildman–Crippen LogP) is 4.20. The Morgan fingerprint density at radius 2 is 1.83 bits per heavy atom. The number of anilines is 1. The van der Waals surface area contributed by atoms with E-state index in [1.165, 1.54) is 25.3 Å². The van der Waals surface area contributed by atoms with Crippen LogP contribution in [0.3, 0.4) is 0 Å². The quantitative estimate of drug-likeness (QED) is 0.483. The summed E-state index contributed by atoms with van der Waals surface area (Å²) in [6.45, 7) is 0. The van der Waals surface area contributed by atoms with Gasteiger partial charge in [0, 0.05) is 11.6 Å². The molecule has 1 amide bonds. The van der Waals surface area contributed by atoms with E-state index in [0.29, 0.717) is 28.5 Å². The van der Waals surface area contributed by atoms with Crippen molar-refractivity contribution < 1.29 is 23.8 Å². The smallest absolute Gasteiger partial charge is 0.335 e. The molecular weight excluding hydrogens is 372 g/mol. The molecule has 0 unspecified atom stereocenters. The molecule has 29 heavy (non-hydrogen) atoms. The summed E-state index contributed by atoms with van der Waals surface area (Å²) in [6, 6.07) is 18.2. The molecule has 0 aliphatic heterocycles. The molecule has 7 nitrogen and oxygen atoms in total. The zero-order valence-electron chi connectivity index (χ0n) is 15.4. The van der Waals surface area contributed by atoms with Gasteiger partial charge in [-0.3, -0.25) is 4.79 Å². The predicted molar refractivity (Wildman–Crippen MR) is 106 cm³/mol. The highest BCUT2D eigenvalue weighted by Crippen LogP contribution is 2.25. The van der Waals surface area contributed by atoms with Crippen LogP contribution in [-0.4, -0.2) is 24.1 Å². The lowest BCUT2D eigenvalue weighted by atomic mass is 10.1. The first-order valence-electron chi connectivity index (χ1n) is 8.51. The summed E-state index contributed by atoms with van der Waals surface area (Å²) >= 11 is 0. The van der Waals surface area contributed by atoms with Crippen molar-refractivity contribution in [3.63, 3.8) is 0 Å². The number of para-hydroxylation sites is 2. The molecule has 0 saturated carbocycles. The lowest BCUT2D eigenvalue weighted by Crippen LogP contribution is -2.14. The zero-order chi connectivity index (χ0) is 20.8. The van der Waals surface area contributed by atoms with Crippen LogP contribution in [0.4, 0.5) is 5.69 Å². The second kappa shape index (κ2) is 8.59. The Morgan fingerprint density at radius 1 is 1.10 bits per heavy atom. The molecule has 0 saturated heterocycles. The van der Waals surface area contributed by atoms with E-state index < -0.39 is 11.9 Å². The molecule has 3 rings (SSSR count). The topological polar surface area (TPSA) is 113 Å². The molecule has 0 fully saturated rings. The number of nitrogens with zero attached hydrogens (tertiary/aromatic N) is 1. The fourth-order valence-electron chi connectivity index (χ4n) is 2.59. The van der Waals surface area contributed by atoms with E-state index in [9.17, 15) is 14.9 Å². The third-order valence-electron chi connectivity index (χ3n) is 4.05. The minimum Gasteiger partial charge on any atom is -0.495 e. The van der Waals surface area contributed by atoms with Crippen LogP contribution in [0.5, 0.6) is 5.75 Å². The molecule has 0 bridgehead atoms. The van der Waals surface area contributed by atoms with Gasteiger partial charge in [-0.1, -0.05) is 24.3 Å². The number of nitriles is 1. The Hall–Kier alpha value is -4.31. The molecule has 0 radical (unpaired) electrons. The van der Waals surface area contributed by atoms with Crippen molar-refractivity contribution in [1.82, 2.24) is 0 Å². The number of furan rings is 1. The highest BCUT2D eigenvalue weighted by atomic mass is 16.5. The SMILES string of the molecule is COc1ccccc1NC(=O)C(C#N)=Cc1ccc(-c2ccc(C(=O)O)cc2)o1. The summed E-state index contributed by atoms with van der Waals surface area (Å²) in [5.41, 5.74) is 1.14. The maximum atomic E-state index is 12.4. The van der Waals surface area contributed by atoms with Crippen molar-refractivity contribution in [3.05, 3.63) is 77.6 Å². The number of hydrogen-bond acceptors (Lipinski definition) is 5. The first-order valence-corrected chi connectivity index (χ1v) is 8.51. The Kier molecular flexibility index (Phi) is 5.76. The van der Waals surface area contributed by atoms with Gasteiger partial charge >= 0.3 is 5.97 Å². The van der Waals surface area contributed by atoms with E-state index in [1.807, 2.05) is 6.07 Å². The van der Waals surface area contributed by atoms with Gasteiger partial charge in [-0.15, -0.1) is 0 Å². The lowest BCUT2D eigenvalue weighted by Gasteiger charge is -2.08. The molecule has 144 valence electrons. The molecular formula is C22H16N2O5. The fourth-order valence-corrected chi connectivity index (χ4v) is 2.59. The molecule has 0 aliphatic carbocycles. The summed E-state index contributed by atoms with van der Waals surface area (Å²) in [6.07, 6.45) is 1.33. The second-order valence-corrected chi connectivity index (χ2v) is 5.91. The largest absolute Gasteiger partial charge is 0.495 e. The normalized spacial score (nSPS) is 10.8. The van der Waals surface area contributed by atoms with Crippen molar-refractivity contribution in [2.24, 2.45) is 0 Å². The van der Waals surface area contributed by atoms with E-state index in [0.717, 1.165) is 0 Å². The van der Waals surface area contributed by atoms with E-state index in [-0.39, 0.29) is 11.1 Å². The molecule has 2 aromatic carbocycles. The summed E-state index contributed by atoms with van der Waals surface area (Å²) in [4.78, 5) is 23.4. The van der Waals surface area contributed by atoms with Crippen LogP contribution in [0, 0.1) is 11.3 Å². The summed E-state index contributed by atoms with van der Waals surface area (Å²) < 4.78 is 10.8.